The van der Waals surface area contributed by atoms with Crippen LogP contribution in [-0.4, -0.2) is 50.4 Å². The van der Waals surface area contributed by atoms with Crippen LogP contribution in [0.5, 0.6) is 6.01 Å². The molecule has 136 valence electrons. The second kappa shape index (κ2) is 8.03. The molecule has 8 nitrogen and oxygen atoms in total. The number of likely N-dealkylation sites (N-methyl/N-ethyl adjacent to an activating group) is 1. The van der Waals surface area contributed by atoms with Crippen LogP contribution in [0.2, 0.25) is 0 Å². The van der Waals surface area contributed by atoms with Gasteiger partial charge in [0.15, 0.2) is 6.61 Å². The maximum absolute atomic E-state index is 12.1. The lowest BCUT2D eigenvalue weighted by Gasteiger charge is -2.13. The number of nitrogens with zero attached hydrogens (tertiary/aromatic N) is 4. The van der Waals surface area contributed by atoms with Gasteiger partial charge < -0.3 is 9.84 Å². The van der Waals surface area contributed by atoms with Gasteiger partial charge in [0.2, 0.25) is 0 Å². The van der Waals surface area contributed by atoms with Gasteiger partial charge in [0.1, 0.15) is 6.23 Å². The monoisotopic (exact) mass is 359 g/mol. The summed E-state index contributed by atoms with van der Waals surface area (Å²) in [6, 6.07) is 2.26. The van der Waals surface area contributed by atoms with Crippen molar-refractivity contribution in [1.82, 2.24) is 25.1 Å². The van der Waals surface area contributed by atoms with E-state index in [2.05, 4.69) is 25.1 Å². The first-order valence-electron chi connectivity index (χ1n) is 7.30. The number of ether oxygens (including phenoxy) is 1. The molecule has 0 aromatic carbocycles. The first-order valence-corrected chi connectivity index (χ1v) is 7.30. The number of nitrogens with one attached hydrogen (secondary N) is 1. The van der Waals surface area contributed by atoms with Crippen molar-refractivity contribution in [2.45, 2.75) is 25.9 Å². The molecule has 1 unspecified atom stereocenters. The SMILES string of the molecule is CCNC(O)Cn1nc(-c2cnc(OCC(F)(F)F)nc2)ccc1=O. The molecule has 0 spiro atoms. The first-order chi connectivity index (χ1) is 11.8. The minimum Gasteiger partial charge on any atom is -0.454 e. The zero-order chi connectivity index (χ0) is 18.4. The average molecular weight is 359 g/mol. The fourth-order valence-corrected chi connectivity index (χ4v) is 1.87. The molecule has 2 heterocycles. The van der Waals surface area contributed by atoms with Crippen molar-refractivity contribution in [1.29, 1.82) is 0 Å². The number of hydrogen-bond donors (Lipinski definition) is 2. The highest BCUT2D eigenvalue weighted by atomic mass is 19.4. The van der Waals surface area contributed by atoms with Crippen molar-refractivity contribution in [3.05, 3.63) is 34.9 Å². The van der Waals surface area contributed by atoms with E-state index in [4.69, 9.17) is 0 Å². The number of aromatic nitrogens is 4. The summed E-state index contributed by atoms with van der Waals surface area (Å²) >= 11 is 0. The maximum atomic E-state index is 12.1. The molecule has 11 heteroatoms. The van der Waals surface area contributed by atoms with E-state index in [-0.39, 0.29) is 6.54 Å². The Morgan fingerprint density at radius 3 is 2.60 bits per heavy atom. The third kappa shape index (κ3) is 5.80. The predicted molar refractivity (Wildman–Crippen MR) is 80.8 cm³/mol. The van der Waals surface area contributed by atoms with Gasteiger partial charge in [-0.3, -0.25) is 10.1 Å². The Kier molecular flexibility index (Phi) is 6.04. The van der Waals surface area contributed by atoms with Crippen LogP contribution in [0.1, 0.15) is 6.92 Å². The second-order valence-electron chi connectivity index (χ2n) is 4.97. The number of aliphatic hydroxyl groups excluding tert-OH is 1. The van der Waals surface area contributed by atoms with E-state index in [1.165, 1.54) is 24.5 Å². The minimum absolute atomic E-state index is 0.0614. The lowest BCUT2D eigenvalue weighted by molar-refractivity contribution is -0.154. The molecule has 0 amide bonds. The summed E-state index contributed by atoms with van der Waals surface area (Å²) in [7, 11) is 0. The summed E-state index contributed by atoms with van der Waals surface area (Å²) < 4.78 is 41.7. The number of rotatable bonds is 7. The first kappa shape index (κ1) is 18.8. The highest BCUT2D eigenvalue weighted by Gasteiger charge is 2.28. The third-order valence-electron chi connectivity index (χ3n) is 2.94. The number of alkyl halides is 3. The van der Waals surface area contributed by atoms with Gasteiger partial charge in [0.25, 0.3) is 5.56 Å². The van der Waals surface area contributed by atoms with Crippen LogP contribution in [0.4, 0.5) is 13.2 Å². The van der Waals surface area contributed by atoms with Crippen molar-refractivity contribution in [3.8, 4) is 17.3 Å². The number of hydrogen-bond acceptors (Lipinski definition) is 7. The van der Waals surface area contributed by atoms with E-state index in [9.17, 15) is 23.1 Å². The predicted octanol–water partition coefficient (Wildman–Crippen LogP) is 0.569. The van der Waals surface area contributed by atoms with Crippen LogP contribution < -0.4 is 15.6 Å². The van der Waals surface area contributed by atoms with Crippen LogP contribution >= 0.6 is 0 Å². The zero-order valence-electron chi connectivity index (χ0n) is 13.2. The van der Waals surface area contributed by atoms with Crippen LogP contribution in [-0.2, 0) is 6.54 Å². The molecule has 0 aliphatic rings. The molecule has 0 aliphatic carbocycles. The maximum Gasteiger partial charge on any atom is 0.422 e. The molecule has 25 heavy (non-hydrogen) atoms. The standard InChI is InChI=1S/C14H16F3N5O3/c1-2-18-11(23)7-22-12(24)4-3-10(21-22)9-5-19-13(20-6-9)25-8-14(15,16)17/h3-6,11,18,23H,2,7-8H2,1H3. The molecule has 0 saturated heterocycles. The number of aliphatic hydroxyl groups is 1. The van der Waals surface area contributed by atoms with Gasteiger partial charge in [-0.15, -0.1) is 0 Å². The molecule has 0 aliphatic heterocycles. The zero-order valence-corrected chi connectivity index (χ0v) is 13.2. The van der Waals surface area contributed by atoms with E-state index in [0.717, 1.165) is 4.68 Å². The Hall–Kier alpha value is -2.53. The van der Waals surface area contributed by atoms with Crippen LogP contribution in [0.3, 0.4) is 0 Å². The highest BCUT2D eigenvalue weighted by Crippen LogP contribution is 2.18. The summed E-state index contributed by atoms with van der Waals surface area (Å²) in [4.78, 5) is 19.1. The molecule has 0 fully saturated rings. The van der Waals surface area contributed by atoms with Gasteiger partial charge in [-0.2, -0.15) is 18.3 Å². The molecule has 2 aromatic heterocycles. The highest BCUT2D eigenvalue weighted by molar-refractivity contribution is 5.55. The van der Waals surface area contributed by atoms with E-state index in [0.29, 0.717) is 17.8 Å². The van der Waals surface area contributed by atoms with Crippen molar-refractivity contribution in [3.63, 3.8) is 0 Å². The lowest BCUT2D eigenvalue weighted by atomic mass is 10.2. The van der Waals surface area contributed by atoms with Gasteiger partial charge in [-0.25, -0.2) is 14.6 Å². The van der Waals surface area contributed by atoms with E-state index in [1.54, 1.807) is 6.92 Å². The van der Waals surface area contributed by atoms with Gasteiger partial charge in [0, 0.05) is 24.0 Å². The Labute approximate surface area is 140 Å². The van der Waals surface area contributed by atoms with E-state index < -0.39 is 30.6 Å². The summed E-state index contributed by atoms with van der Waals surface area (Å²) in [6.45, 7) is 0.768. The van der Waals surface area contributed by atoms with E-state index in [1.807, 2.05) is 0 Å². The Morgan fingerprint density at radius 2 is 2.00 bits per heavy atom. The minimum atomic E-state index is -4.48. The second-order valence-corrected chi connectivity index (χ2v) is 4.97. The molecule has 0 radical (unpaired) electrons. The average Bonchev–Trinajstić information content (AvgIpc) is 2.55. The van der Waals surface area contributed by atoms with Crippen LogP contribution in [0, 0.1) is 0 Å². The fraction of sp³-hybridized carbons (Fsp3) is 0.429. The lowest BCUT2D eigenvalue weighted by Crippen LogP contribution is -2.37. The quantitative estimate of drug-likeness (QED) is 0.697. The topological polar surface area (TPSA) is 102 Å². The van der Waals surface area contributed by atoms with Crippen molar-refractivity contribution >= 4 is 0 Å². The van der Waals surface area contributed by atoms with Gasteiger partial charge in [0.05, 0.1) is 12.2 Å². The Morgan fingerprint density at radius 1 is 1.32 bits per heavy atom. The largest absolute Gasteiger partial charge is 0.454 e. The molecule has 2 rings (SSSR count). The smallest absolute Gasteiger partial charge is 0.422 e. The van der Waals surface area contributed by atoms with Crippen LogP contribution in [0.15, 0.2) is 29.3 Å². The molecular weight excluding hydrogens is 343 g/mol. The van der Waals surface area contributed by atoms with Crippen molar-refractivity contribution in [2.75, 3.05) is 13.2 Å². The fourth-order valence-electron chi connectivity index (χ4n) is 1.87. The third-order valence-corrected chi connectivity index (χ3v) is 2.94. The summed E-state index contributed by atoms with van der Waals surface area (Å²) in [5.41, 5.74) is 0.295. The van der Waals surface area contributed by atoms with Crippen molar-refractivity contribution < 1.29 is 23.0 Å². The van der Waals surface area contributed by atoms with E-state index >= 15 is 0 Å². The molecular formula is C14H16F3N5O3. The Bertz CT molecular complexity index is 749. The van der Waals surface area contributed by atoms with Crippen LogP contribution in [0.25, 0.3) is 11.3 Å². The van der Waals surface area contributed by atoms with Crippen molar-refractivity contribution in [2.24, 2.45) is 0 Å². The molecule has 2 N–H and O–H groups in total. The van der Waals surface area contributed by atoms with Gasteiger partial charge in [-0.05, 0) is 12.6 Å². The number of halogens is 3. The summed E-state index contributed by atoms with van der Waals surface area (Å²) in [5, 5.41) is 16.5. The molecule has 0 bridgehead atoms. The molecule has 0 saturated carbocycles. The summed E-state index contributed by atoms with van der Waals surface area (Å²) in [6.07, 6.45) is -2.96. The normalized spacial score (nSPS) is 12.8. The van der Waals surface area contributed by atoms with Gasteiger partial charge >= 0.3 is 12.2 Å². The molecule has 2 aromatic rings. The Balaban J connectivity index is 2.14. The molecule has 1 atom stereocenters. The van der Waals surface area contributed by atoms with Gasteiger partial charge in [-0.1, -0.05) is 6.92 Å². The summed E-state index contributed by atoms with van der Waals surface area (Å²) in [5.74, 6) is 0.